The van der Waals surface area contributed by atoms with E-state index in [1.54, 1.807) is 0 Å². The fraction of sp³-hybridized carbons (Fsp3) is 0.556. The van der Waals surface area contributed by atoms with Gasteiger partial charge in [-0.25, -0.2) is 17.6 Å². The Kier molecular flexibility index (Phi) is 6.94. The Labute approximate surface area is 158 Å². The highest BCUT2D eigenvalue weighted by Crippen LogP contribution is 2.24. The first-order valence-corrected chi connectivity index (χ1v) is 10.3. The second-order valence-electron chi connectivity index (χ2n) is 7.16. The minimum Gasteiger partial charge on any atom is -0.480 e. The van der Waals surface area contributed by atoms with Crippen molar-refractivity contribution in [3.05, 3.63) is 30.1 Å². The maximum absolute atomic E-state index is 13.0. The van der Waals surface area contributed by atoms with Crippen LogP contribution in [-0.2, 0) is 19.6 Å². The number of hydrogen-bond donors (Lipinski definition) is 2. The summed E-state index contributed by atoms with van der Waals surface area (Å²) in [5, 5.41) is 11.8. The Hall–Kier alpha value is -2.00. The molecule has 0 spiro atoms. The van der Waals surface area contributed by atoms with Crippen LogP contribution in [0, 0.1) is 17.7 Å². The van der Waals surface area contributed by atoms with Gasteiger partial charge in [0.25, 0.3) is 0 Å². The molecule has 1 aliphatic heterocycles. The maximum Gasteiger partial charge on any atom is 0.326 e. The lowest BCUT2D eigenvalue weighted by molar-refractivity contribution is -0.143. The zero-order chi connectivity index (χ0) is 20.2. The highest BCUT2D eigenvalue weighted by Gasteiger charge is 2.33. The number of carbonyl (C=O) groups is 2. The van der Waals surface area contributed by atoms with Crippen molar-refractivity contribution in [2.24, 2.45) is 11.8 Å². The number of nitrogens with one attached hydrogen (secondary N) is 1. The number of halogens is 1. The number of aliphatic carboxylic acids is 1. The van der Waals surface area contributed by atoms with E-state index in [1.165, 1.54) is 16.4 Å². The Balaban J connectivity index is 1.96. The molecule has 1 aromatic rings. The molecule has 0 radical (unpaired) electrons. The standard InChI is InChI=1S/C18H25FN2O5S/c1-12(2)11-16(18(23)24)20-17(22)13-7-9-21(10-8-13)27(25,26)15-5-3-14(19)4-6-15/h3-6,12-13,16H,7-11H2,1-2H3,(H,20,22)(H,23,24)/t16-/m1/s1. The van der Waals surface area contributed by atoms with Crippen LogP contribution < -0.4 is 5.32 Å². The van der Waals surface area contributed by atoms with Gasteiger partial charge in [-0.15, -0.1) is 0 Å². The topological polar surface area (TPSA) is 104 Å². The van der Waals surface area contributed by atoms with Crippen LogP contribution in [0.5, 0.6) is 0 Å². The van der Waals surface area contributed by atoms with E-state index in [-0.39, 0.29) is 29.8 Å². The van der Waals surface area contributed by atoms with Gasteiger partial charge >= 0.3 is 5.97 Å². The van der Waals surface area contributed by atoms with Gasteiger partial charge in [-0.05, 0) is 49.4 Å². The summed E-state index contributed by atoms with van der Waals surface area (Å²) in [6, 6.07) is 3.67. The van der Waals surface area contributed by atoms with Gasteiger partial charge in [-0.3, -0.25) is 4.79 Å². The summed E-state index contributed by atoms with van der Waals surface area (Å²) in [6.45, 7) is 4.06. The summed E-state index contributed by atoms with van der Waals surface area (Å²) in [4.78, 5) is 23.7. The number of carboxylic acid groups (broad SMARTS) is 1. The molecule has 1 heterocycles. The van der Waals surface area contributed by atoms with E-state index in [4.69, 9.17) is 0 Å². The smallest absolute Gasteiger partial charge is 0.326 e. The van der Waals surface area contributed by atoms with Crippen molar-refractivity contribution in [3.63, 3.8) is 0 Å². The average Bonchev–Trinajstić information content (AvgIpc) is 2.61. The van der Waals surface area contributed by atoms with Crippen LogP contribution in [0.3, 0.4) is 0 Å². The molecule has 1 fully saturated rings. The molecule has 0 unspecified atom stereocenters. The van der Waals surface area contributed by atoms with Gasteiger partial charge in [0.2, 0.25) is 15.9 Å². The lowest BCUT2D eigenvalue weighted by Crippen LogP contribution is -2.47. The Morgan fingerprint density at radius 3 is 2.26 bits per heavy atom. The first kappa shape index (κ1) is 21.3. The van der Waals surface area contributed by atoms with Crippen molar-refractivity contribution in [1.29, 1.82) is 0 Å². The second kappa shape index (κ2) is 8.79. The summed E-state index contributed by atoms with van der Waals surface area (Å²) < 4.78 is 39.5. The van der Waals surface area contributed by atoms with Crippen LogP contribution in [0.25, 0.3) is 0 Å². The van der Waals surface area contributed by atoms with Gasteiger partial charge in [0, 0.05) is 19.0 Å². The SMILES string of the molecule is CC(C)C[C@@H](NC(=O)C1CCN(S(=O)(=O)c2ccc(F)cc2)CC1)C(=O)O. The minimum atomic E-state index is -3.74. The van der Waals surface area contributed by atoms with Crippen molar-refractivity contribution in [2.75, 3.05) is 13.1 Å². The largest absolute Gasteiger partial charge is 0.480 e. The zero-order valence-corrected chi connectivity index (χ0v) is 16.2. The first-order chi connectivity index (χ1) is 12.6. The highest BCUT2D eigenvalue weighted by molar-refractivity contribution is 7.89. The predicted molar refractivity (Wildman–Crippen MR) is 96.9 cm³/mol. The van der Waals surface area contributed by atoms with Crippen LogP contribution in [0.1, 0.15) is 33.1 Å². The average molecular weight is 400 g/mol. The van der Waals surface area contributed by atoms with Crippen LogP contribution in [0.2, 0.25) is 0 Å². The molecule has 1 aliphatic rings. The number of carbonyl (C=O) groups excluding carboxylic acids is 1. The number of nitrogens with zero attached hydrogens (tertiary/aromatic N) is 1. The highest BCUT2D eigenvalue weighted by atomic mass is 32.2. The number of hydrogen-bond acceptors (Lipinski definition) is 4. The lowest BCUT2D eigenvalue weighted by Gasteiger charge is -2.31. The minimum absolute atomic E-state index is 0.00896. The van der Waals surface area contributed by atoms with Crippen LogP contribution >= 0.6 is 0 Å². The third kappa shape index (κ3) is 5.49. The Morgan fingerprint density at radius 1 is 1.22 bits per heavy atom. The molecule has 0 aliphatic carbocycles. The van der Waals surface area contributed by atoms with E-state index in [1.807, 2.05) is 13.8 Å². The summed E-state index contributed by atoms with van der Waals surface area (Å²) in [5.74, 6) is -2.26. The molecular formula is C18H25FN2O5S. The first-order valence-electron chi connectivity index (χ1n) is 8.90. The summed E-state index contributed by atoms with van der Waals surface area (Å²) in [7, 11) is -3.74. The Morgan fingerprint density at radius 2 is 1.78 bits per heavy atom. The lowest BCUT2D eigenvalue weighted by atomic mass is 9.96. The number of benzene rings is 1. The molecule has 7 nitrogen and oxygen atoms in total. The van der Waals surface area contributed by atoms with Gasteiger partial charge in [0.1, 0.15) is 11.9 Å². The molecule has 1 aromatic carbocycles. The van der Waals surface area contributed by atoms with Gasteiger partial charge in [0.05, 0.1) is 4.90 Å². The molecule has 1 atom stereocenters. The molecule has 150 valence electrons. The van der Waals surface area contributed by atoms with E-state index in [0.29, 0.717) is 19.3 Å². The molecule has 1 amide bonds. The number of piperidine rings is 1. The van der Waals surface area contributed by atoms with E-state index >= 15 is 0 Å². The predicted octanol–water partition coefficient (Wildman–Crippen LogP) is 1.84. The van der Waals surface area contributed by atoms with Crippen LogP contribution in [0.4, 0.5) is 4.39 Å². The molecule has 9 heteroatoms. The third-order valence-corrected chi connectivity index (χ3v) is 6.51. The molecule has 2 rings (SSSR count). The van der Waals surface area contributed by atoms with E-state index in [0.717, 1.165) is 12.1 Å². The van der Waals surface area contributed by atoms with Gasteiger partial charge < -0.3 is 10.4 Å². The van der Waals surface area contributed by atoms with Gasteiger partial charge in [-0.1, -0.05) is 13.8 Å². The van der Waals surface area contributed by atoms with E-state index in [9.17, 15) is 27.5 Å². The number of rotatable bonds is 7. The fourth-order valence-electron chi connectivity index (χ4n) is 3.10. The van der Waals surface area contributed by atoms with Crippen LogP contribution in [0.15, 0.2) is 29.2 Å². The van der Waals surface area contributed by atoms with Crippen molar-refractivity contribution in [2.45, 2.75) is 44.0 Å². The number of sulfonamides is 1. The maximum atomic E-state index is 13.0. The summed E-state index contributed by atoms with van der Waals surface area (Å²) in [6.07, 6.45) is 0.944. The molecular weight excluding hydrogens is 375 g/mol. The van der Waals surface area contributed by atoms with Crippen molar-refractivity contribution in [1.82, 2.24) is 9.62 Å². The summed E-state index contributed by atoms with van der Waals surface area (Å²) >= 11 is 0. The van der Waals surface area contributed by atoms with Gasteiger partial charge in [0.15, 0.2) is 0 Å². The van der Waals surface area contributed by atoms with Crippen molar-refractivity contribution in [3.8, 4) is 0 Å². The third-order valence-electron chi connectivity index (χ3n) is 4.60. The quantitative estimate of drug-likeness (QED) is 0.727. The van der Waals surface area contributed by atoms with Crippen LogP contribution in [-0.4, -0.2) is 48.8 Å². The van der Waals surface area contributed by atoms with E-state index in [2.05, 4.69) is 5.32 Å². The molecule has 1 saturated heterocycles. The molecule has 0 bridgehead atoms. The normalized spacial score (nSPS) is 17.6. The Bertz CT molecular complexity index is 771. The monoisotopic (exact) mass is 400 g/mol. The van der Waals surface area contributed by atoms with Gasteiger partial charge in [-0.2, -0.15) is 4.31 Å². The molecule has 0 aromatic heterocycles. The van der Waals surface area contributed by atoms with Crippen molar-refractivity contribution >= 4 is 21.9 Å². The van der Waals surface area contributed by atoms with Crippen molar-refractivity contribution < 1.29 is 27.5 Å². The zero-order valence-electron chi connectivity index (χ0n) is 15.4. The molecule has 27 heavy (non-hydrogen) atoms. The molecule has 2 N–H and O–H groups in total. The van der Waals surface area contributed by atoms with E-state index < -0.39 is 33.8 Å². The number of amides is 1. The second-order valence-corrected chi connectivity index (χ2v) is 9.10. The number of carboxylic acids is 1. The molecule has 0 saturated carbocycles. The summed E-state index contributed by atoms with van der Waals surface area (Å²) in [5.41, 5.74) is 0. The fourth-order valence-corrected chi connectivity index (χ4v) is 4.57.